The van der Waals surface area contributed by atoms with Gasteiger partial charge in [0.1, 0.15) is 11.9 Å². The molecule has 3 unspecified atom stereocenters. The summed E-state index contributed by atoms with van der Waals surface area (Å²) >= 11 is 0. The predicted molar refractivity (Wildman–Crippen MR) is 77.1 cm³/mol. The summed E-state index contributed by atoms with van der Waals surface area (Å²) in [5, 5.41) is 12.4. The number of benzene rings is 1. The van der Waals surface area contributed by atoms with Crippen LogP contribution in [0.1, 0.15) is 26.7 Å². The molecule has 0 amide bonds. The van der Waals surface area contributed by atoms with Gasteiger partial charge in [0.25, 0.3) is 0 Å². The molecule has 0 heterocycles. The normalized spacial score (nSPS) is 23.9. The Balaban J connectivity index is 2.16. The van der Waals surface area contributed by atoms with Crippen molar-refractivity contribution in [2.24, 2.45) is 11.8 Å². The molecule has 0 radical (unpaired) electrons. The highest BCUT2D eigenvalue weighted by atomic mass is 19.1. The molecule has 1 aliphatic carbocycles. The van der Waals surface area contributed by atoms with Gasteiger partial charge in [0.05, 0.1) is 0 Å². The van der Waals surface area contributed by atoms with E-state index in [4.69, 9.17) is 0 Å². The lowest BCUT2D eigenvalue weighted by Crippen LogP contribution is -2.38. The number of anilines is 1. The summed E-state index contributed by atoms with van der Waals surface area (Å²) in [6.45, 7) is 4.13. The van der Waals surface area contributed by atoms with Crippen LogP contribution in [0, 0.1) is 17.7 Å². The molecule has 1 aliphatic rings. The maximum absolute atomic E-state index is 13.2. The Morgan fingerprint density at radius 1 is 1.50 bits per heavy atom. The monoisotopic (exact) mass is 277 g/mol. The van der Waals surface area contributed by atoms with Crippen molar-refractivity contribution in [2.75, 3.05) is 5.32 Å². The van der Waals surface area contributed by atoms with Crippen molar-refractivity contribution < 1.29 is 14.3 Å². The number of carboxylic acids is 1. The van der Waals surface area contributed by atoms with E-state index >= 15 is 0 Å². The number of nitrogens with one attached hydrogen (secondary N) is 1. The molecule has 0 aliphatic heterocycles. The molecule has 3 atom stereocenters. The van der Waals surface area contributed by atoms with E-state index in [0.29, 0.717) is 11.6 Å². The molecule has 2 N–H and O–H groups in total. The number of halogens is 1. The molecule has 1 aromatic rings. The van der Waals surface area contributed by atoms with Crippen molar-refractivity contribution in [1.29, 1.82) is 0 Å². The quantitative estimate of drug-likeness (QED) is 0.825. The van der Waals surface area contributed by atoms with Crippen molar-refractivity contribution in [2.45, 2.75) is 32.7 Å². The molecular weight excluding hydrogens is 257 g/mol. The fourth-order valence-electron chi connectivity index (χ4n) is 2.99. The summed E-state index contributed by atoms with van der Waals surface area (Å²) in [6.07, 6.45) is 3.79. The Bertz CT molecular complexity index is 527. The zero-order valence-corrected chi connectivity index (χ0v) is 11.8. The molecule has 0 fully saturated rings. The molecule has 1 aromatic carbocycles. The molecule has 20 heavy (non-hydrogen) atoms. The number of carboxylic acid groups (broad SMARTS) is 1. The molecule has 3 nitrogen and oxygen atoms in total. The van der Waals surface area contributed by atoms with Gasteiger partial charge in [-0.25, -0.2) is 9.18 Å². The van der Waals surface area contributed by atoms with Crippen molar-refractivity contribution in [3.05, 3.63) is 41.7 Å². The molecular formula is C16H20FNO2. The lowest BCUT2D eigenvalue weighted by atomic mass is 9.79. The van der Waals surface area contributed by atoms with Crippen LogP contribution in [-0.2, 0) is 4.79 Å². The summed E-state index contributed by atoms with van der Waals surface area (Å²) in [5.74, 6) is -0.853. The number of hydrogen-bond acceptors (Lipinski definition) is 2. The summed E-state index contributed by atoms with van der Waals surface area (Å²) in [6, 6.07) is 5.24. The molecule has 0 aromatic heterocycles. The van der Waals surface area contributed by atoms with Gasteiger partial charge in [0.15, 0.2) is 0 Å². The van der Waals surface area contributed by atoms with Crippen LogP contribution in [0.25, 0.3) is 0 Å². The average Bonchev–Trinajstić information content (AvgIpc) is 2.34. The van der Waals surface area contributed by atoms with Crippen molar-refractivity contribution in [1.82, 2.24) is 0 Å². The molecule has 0 saturated carbocycles. The molecule has 108 valence electrons. The number of allylic oxidation sites excluding steroid dienone is 2. The minimum Gasteiger partial charge on any atom is -0.480 e. The van der Waals surface area contributed by atoms with Gasteiger partial charge in [-0.1, -0.05) is 24.6 Å². The number of hydrogen-bond donors (Lipinski definition) is 2. The summed E-state index contributed by atoms with van der Waals surface area (Å²) in [7, 11) is 0. The second-order valence-electron chi connectivity index (χ2n) is 5.66. The molecule has 0 spiro atoms. The maximum atomic E-state index is 13.2. The first-order valence-corrected chi connectivity index (χ1v) is 6.88. The van der Waals surface area contributed by atoms with Crippen LogP contribution in [-0.4, -0.2) is 17.1 Å². The van der Waals surface area contributed by atoms with Crippen molar-refractivity contribution in [3.63, 3.8) is 0 Å². The summed E-state index contributed by atoms with van der Waals surface area (Å²) < 4.78 is 13.2. The van der Waals surface area contributed by atoms with Gasteiger partial charge in [0, 0.05) is 5.69 Å². The van der Waals surface area contributed by atoms with Crippen molar-refractivity contribution >= 4 is 11.7 Å². The fourth-order valence-corrected chi connectivity index (χ4v) is 2.99. The third-order valence-corrected chi connectivity index (χ3v) is 3.71. The minimum atomic E-state index is -0.888. The van der Waals surface area contributed by atoms with E-state index < -0.39 is 12.0 Å². The first-order valence-electron chi connectivity index (χ1n) is 6.88. The zero-order chi connectivity index (χ0) is 14.7. The zero-order valence-electron chi connectivity index (χ0n) is 11.8. The van der Waals surface area contributed by atoms with Crippen LogP contribution >= 0.6 is 0 Å². The van der Waals surface area contributed by atoms with E-state index in [-0.39, 0.29) is 11.7 Å². The van der Waals surface area contributed by atoms with E-state index in [1.54, 1.807) is 12.1 Å². The highest BCUT2D eigenvalue weighted by Crippen LogP contribution is 2.31. The second kappa shape index (κ2) is 6.07. The van der Waals surface area contributed by atoms with Gasteiger partial charge in [-0.2, -0.15) is 0 Å². The van der Waals surface area contributed by atoms with Gasteiger partial charge >= 0.3 is 5.97 Å². The largest absolute Gasteiger partial charge is 0.480 e. The van der Waals surface area contributed by atoms with Crippen LogP contribution in [0.5, 0.6) is 0 Å². The Morgan fingerprint density at radius 2 is 2.25 bits per heavy atom. The molecule has 0 bridgehead atoms. The van der Waals surface area contributed by atoms with E-state index in [1.165, 1.54) is 17.7 Å². The third-order valence-electron chi connectivity index (χ3n) is 3.71. The standard InChI is InChI=1S/C16H20FNO2/c1-10-6-11(2)8-12(7-10)15(16(19)20)18-14-5-3-4-13(17)9-14/h3-6,9-10,12,15,18H,7-8H2,1-2H3,(H,19,20). The maximum Gasteiger partial charge on any atom is 0.326 e. The third kappa shape index (κ3) is 3.59. The molecule has 4 heteroatoms. The van der Waals surface area contributed by atoms with Gasteiger partial charge < -0.3 is 10.4 Å². The van der Waals surface area contributed by atoms with Crippen LogP contribution in [0.4, 0.5) is 10.1 Å². The minimum absolute atomic E-state index is 0.0239. The van der Waals surface area contributed by atoms with E-state index in [1.807, 2.05) is 6.92 Å². The Morgan fingerprint density at radius 3 is 2.85 bits per heavy atom. The Hall–Kier alpha value is -1.84. The molecule has 0 saturated heterocycles. The Kier molecular flexibility index (Phi) is 4.42. The van der Waals surface area contributed by atoms with Crippen molar-refractivity contribution in [3.8, 4) is 0 Å². The van der Waals surface area contributed by atoms with Gasteiger partial charge in [-0.3, -0.25) is 0 Å². The fraction of sp³-hybridized carbons (Fsp3) is 0.438. The second-order valence-corrected chi connectivity index (χ2v) is 5.66. The first-order chi connectivity index (χ1) is 9.45. The predicted octanol–water partition coefficient (Wildman–Crippen LogP) is 3.68. The average molecular weight is 277 g/mol. The number of aliphatic carboxylic acids is 1. The van der Waals surface area contributed by atoms with Gasteiger partial charge in [-0.05, 0) is 49.8 Å². The van der Waals surface area contributed by atoms with E-state index in [0.717, 1.165) is 12.8 Å². The SMILES string of the molecule is CC1=CC(C)CC(C(Nc2cccc(F)c2)C(=O)O)C1. The van der Waals surface area contributed by atoms with E-state index in [9.17, 15) is 14.3 Å². The number of rotatable bonds is 4. The van der Waals surface area contributed by atoms with Crippen LogP contribution < -0.4 is 5.32 Å². The highest BCUT2D eigenvalue weighted by molar-refractivity contribution is 5.77. The van der Waals surface area contributed by atoms with Crippen LogP contribution in [0.2, 0.25) is 0 Å². The summed E-state index contributed by atoms with van der Waals surface area (Å²) in [4.78, 5) is 11.5. The highest BCUT2D eigenvalue weighted by Gasteiger charge is 2.31. The van der Waals surface area contributed by atoms with Crippen LogP contribution in [0.3, 0.4) is 0 Å². The van der Waals surface area contributed by atoms with E-state index in [2.05, 4.69) is 18.3 Å². The van der Waals surface area contributed by atoms with Gasteiger partial charge in [-0.15, -0.1) is 0 Å². The Labute approximate surface area is 118 Å². The lowest BCUT2D eigenvalue weighted by molar-refractivity contribution is -0.139. The number of carbonyl (C=O) groups is 1. The first kappa shape index (κ1) is 14.6. The lowest BCUT2D eigenvalue weighted by Gasteiger charge is -2.31. The topological polar surface area (TPSA) is 49.3 Å². The molecule has 2 rings (SSSR count). The van der Waals surface area contributed by atoms with Crippen LogP contribution in [0.15, 0.2) is 35.9 Å². The summed E-state index contributed by atoms with van der Waals surface area (Å²) in [5.41, 5.74) is 1.73. The smallest absolute Gasteiger partial charge is 0.326 e. The van der Waals surface area contributed by atoms with Gasteiger partial charge in [0.2, 0.25) is 0 Å².